The summed E-state index contributed by atoms with van der Waals surface area (Å²) in [6.07, 6.45) is 2.03. The number of amides is 2. The Balaban J connectivity index is 1.85. The summed E-state index contributed by atoms with van der Waals surface area (Å²) in [6.45, 7) is 4.13. The molecule has 2 aliphatic rings. The van der Waals surface area contributed by atoms with Crippen LogP contribution in [0.4, 0.5) is 0 Å². The Morgan fingerprint density at radius 2 is 1.90 bits per heavy atom. The van der Waals surface area contributed by atoms with Crippen LogP contribution in [-0.4, -0.2) is 28.3 Å². The van der Waals surface area contributed by atoms with Crippen LogP contribution in [0.1, 0.15) is 32.3 Å². The highest BCUT2D eigenvalue weighted by atomic mass is 79.9. The van der Waals surface area contributed by atoms with Crippen molar-refractivity contribution < 1.29 is 9.59 Å². The van der Waals surface area contributed by atoms with Crippen LogP contribution in [0.15, 0.2) is 28.7 Å². The van der Waals surface area contributed by atoms with E-state index in [0.717, 1.165) is 22.9 Å². The van der Waals surface area contributed by atoms with Crippen LogP contribution >= 0.6 is 15.9 Å². The molecule has 1 saturated carbocycles. The highest BCUT2D eigenvalue weighted by Crippen LogP contribution is 2.42. The van der Waals surface area contributed by atoms with E-state index in [4.69, 9.17) is 0 Å². The standard InChI is InChI=1S/C16H19BrN2O2/c1-10-14(20)18-16(2,12-5-6-12)15(21)19(10)9-11-3-7-13(17)8-4-11/h3-4,7-8,10,12H,5-6,9H2,1-2H3,(H,18,20). The van der Waals surface area contributed by atoms with Gasteiger partial charge in [0.05, 0.1) is 0 Å². The Bertz CT molecular complexity index is 582. The maximum Gasteiger partial charge on any atom is 0.249 e. The minimum Gasteiger partial charge on any atom is -0.340 e. The largest absolute Gasteiger partial charge is 0.340 e. The molecule has 0 spiro atoms. The number of halogens is 1. The summed E-state index contributed by atoms with van der Waals surface area (Å²) in [5, 5.41) is 2.94. The normalized spacial score (nSPS) is 29.5. The van der Waals surface area contributed by atoms with Crippen LogP contribution in [0, 0.1) is 5.92 Å². The number of piperazine rings is 1. The Morgan fingerprint density at radius 3 is 2.48 bits per heavy atom. The third kappa shape index (κ3) is 2.59. The van der Waals surface area contributed by atoms with Gasteiger partial charge in [0.1, 0.15) is 11.6 Å². The second kappa shape index (κ2) is 5.13. The molecule has 1 aliphatic heterocycles. The number of nitrogens with one attached hydrogen (secondary N) is 1. The summed E-state index contributed by atoms with van der Waals surface area (Å²) < 4.78 is 1.00. The second-order valence-corrected chi connectivity index (χ2v) is 7.12. The lowest BCUT2D eigenvalue weighted by Crippen LogP contribution is -2.69. The van der Waals surface area contributed by atoms with Crippen molar-refractivity contribution in [3.63, 3.8) is 0 Å². The fourth-order valence-corrected chi connectivity index (χ4v) is 3.23. The quantitative estimate of drug-likeness (QED) is 0.910. The first kappa shape index (κ1) is 14.6. The highest BCUT2D eigenvalue weighted by Gasteiger charge is 2.54. The van der Waals surface area contributed by atoms with Gasteiger partial charge in [0.15, 0.2) is 0 Å². The minimum atomic E-state index is -0.723. The topological polar surface area (TPSA) is 49.4 Å². The van der Waals surface area contributed by atoms with Crippen molar-refractivity contribution in [2.24, 2.45) is 5.92 Å². The monoisotopic (exact) mass is 350 g/mol. The van der Waals surface area contributed by atoms with E-state index in [9.17, 15) is 9.59 Å². The van der Waals surface area contributed by atoms with E-state index in [1.54, 1.807) is 11.8 Å². The van der Waals surface area contributed by atoms with Gasteiger partial charge in [-0.2, -0.15) is 0 Å². The Kier molecular flexibility index (Phi) is 3.56. The molecule has 2 amide bonds. The first-order valence-corrected chi connectivity index (χ1v) is 8.08. The highest BCUT2D eigenvalue weighted by molar-refractivity contribution is 9.10. The van der Waals surface area contributed by atoms with E-state index >= 15 is 0 Å². The molecule has 4 nitrogen and oxygen atoms in total. The lowest BCUT2D eigenvalue weighted by Gasteiger charge is -2.43. The van der Waals surface area contributed by atoms with Crippen LogP contribution in [0.5, 0.6) is 0 Å². The van der Waals surface area contributed by atoms with Gasteiger partial charge in [-0.15, -0.1) is 0 Å². The molecule has 21 heavy (non-hydrogen) atoms. The fraction of sp³-hybridized carbons (Fsp3) is 0.500. The Morgan fingerprint density at radius 1 is 1.29 bits per heavy atom. The molecular weight excluding hydrogens is 332 g/mol. The number of carbonyl (C=O) groups is 2. The number of rotatable bonds is 3. The molecule has 2 unspecified atom stereocenters. The molecule has 2 atom stereocenters. The molecule has 1 saturated heterocycles. The SMILES string of the molecule is CC1C(=O)NC(C)(C2CC2)C(=O)N1Cc1ccc(Br)cc1. The molecular formula is C16H19BrN2O2. The van der Waals surface area contributed by atoms with Gasteiger partial charge in [-0.1, -0.05) is 28.1 Å². The van der Waals surface area contributed by atoms with E-state index in [0.29, 0.717) is 6.54 Å². The Labute approximate surface area is 133 Å². The van der Waals surface area contributed by atoms with Crippen molar-refractivity contribution in [1.29, 1.82) is 0 Å². The second-order valence-electron chi connectivity index (χ2n) is 6.20. The van der Waals surface area contributed by atoms with E-state index in [1.165, 1.54) is 0 Å². The van der Waals surface area contributed by atoms with Gasteiger partial charge >= 0.3 is 0 Å². The van der Waals surface area contributed by atoms with Crippen molar-refractivity contribution in [3.05, 3.63) is 34.3 Å². The third-order valence-corrected chi connectivity index (χ3v) is 5.12. The zero-order chi connectivity index (χ0) is 15.2. The van der Waals surface area contributed by atoms with Gasteiger partial charge < -0.3 is 10.2 Å². The summed E-state index contributed by atoms with van der Waals surface area (Å²) in [6, 6.07) is 7.44. The number of hydrogen-bond donors (Lipinski definition) is 1. The molecule has 3 rings (SSSR count). The molecule has 1 heterocycles. The summed E-state index contributed by atoms with van der Waals surface area (Å²) in [7, 11) is 0. The van der Waals surface area contributed by atoms with Crippen LogP contribution in [0.2, 0.25) is 0 Å². The first-order valence-electron chi connectivity index (χ1n) is 7.29. The number of benzene rings is 1. The number of carbonyl (C=O) groups excluding carboxylic acids is 2. The van der Waals surface area contributed by atoms with Gasteiger partial charge in [-0.25, -0.2) is 0 Å². The molecule has 1 aromatic carbocycles. The van der Waals surface area contributed by atoms with Gasteiger partial charge in [0.2, 0.25) is 11.8 Å². The first-order chi connectivity index (χ1) is 9.91. The number of hydrogen-bond acceptors (Lipinski definition) is 2. The van der Waals surface area contributed by atoms with Crippen molar-refractivity contribution >= 4 is 27.7 Å². The predicted molar refractivity (Wildman–Crippen MR) is 83.4 cm³/mol. The number of nitrogens with zero attached hydrogens (tertiary/aromatic N) is 1. The summed E-state index contributed by atoms with van der Waals surface area (Å²) in [5.74, 6) is 0.273. The van der Waals surface area contributed by atoms with Gasteiger partial charge in [0, 0.05) is 11.0 Å². The summed E-state index contributed by atoms with van der Waals surface area (Å²) in [5.41, 5.74) is 0.310. The molecule has 2 fully saturated rings. The molecule has 1 aliphatic carbocycles. The molecule has 0 radical (unpaired) electrons. The van der Waals surface area contributed by atoms with Crippen LogP contribution < -0.4 is 5.32 Å². The lowest BCUT2D eigenvalue weighted by atomic mass is 9.89. The minimum absolute atomic E-state index is 0.0417. The van der Waals surface area contributed by atoms with Crippen molar-refractivity contribution in [2.75, 3.05) is 0 Å². The zero-order valence-electron chi connectivity index (χ0n) is 12.2. The maximum absolute atomic E-state index is 12.9. The van der Waals surface area contributed by atoms with Crippen molar-refractivity contribution in [3.8, 4) is 0 Å². The van der Waals surface area contributed by atoms with E-state index < -0.39 is 11.6 Å². The van der Waals surface area contributed by atoms with Gasteiger partial charge in [-0.3, -0.25) is 9.59 Å². The molecule has 0 bridgehead atoms. The molecule has 1 N–H and O–H groups in total. The summed E-state index contributed by atoms with van der Waals surface area (Å²) >= 11 is 3.40. The van der Waals surface area contributed by atoms with Crippen molar-refractivity contribution in [1.82, 2.24) is 10.2 Å². The van der Waals surface area contributed by atoms with Crippen molar-refractivity contribution in [2.45, 2.75) is 44.8 Å². The molecule has 5 heteroatoms. The lowest BCUT2D eigenvalue weighted by molar-refractivity contribution is -0.155. The predicted octanol–water partition coefficient (Wildman–Crippen LogP) is 2.46. The smallest absolute Gasteiger partial charge is 0.249 e. The van der Waals surface area contributed by atoms with Gasteiger partial charge in [0.25, 0.3) is 0 Å². The van der Waals surface area contributed by atoms with E-state index in [1.807, 2.05) is 31.2 Å². The maximum atomic E-state index is 12.9. The van der Waals surface area contributed by atoms with Gasteiger partial charge in [-0.05, 0) is 50.3 Å². The van der Waals surface area contributed by atoms with Crippen LogP contribution in [0.3, 0.4) is 0 Å². The molecule has 0 aromatic heterocycles. The third-order valence-electron chi connectivity index (χ3n) is 4.59. The van der Waals surface area contributed by atoms with Crippen LogP contribution in [0.25, 0.3) is 0 Å². The average molecular weight is 351 g/mol. The molecule has 1 aromatic rings. The average Bonchev–Trinajstić information content (AvgIpc) is 3.28. The Hall–Kier alpha value is -1.36. The van der Waals surface area contributed by atoms with E-state index in [-0.39, 0.29) is 17.7 Å². The fourth-order valence-electron chi connectivity index (χ4n) is 2.96. The van der Waals surface area contributed by atoms with E-state index in [2.05, 4.69) is 21.2 Å². The summed E-state index contributed by atoms with van der Waals surface area (Å²) in [4.78, 5) is 26.8. The van der Waals surface area contributed by atoms with Crippen LogP contribution in [-0.2, 0) is 16.1 Å². The molecule has 112 valence electrons. The zero-order valence-corrected chi connectivity index (χ0v) is 13.8.